The van der Waals surface area contributed by atoms with Gasteiger partial charge in [-0.05, 0) is 36.1 Å². The lowest BCUT2D eigenvalue weighted by molar-refractivity contribution is -0.143. The van der Waals surface area contributed by atoms with Crippen molar-refractivity contribution < 1.29 is 14.3 Å². The van der Waals surface area contributed by atoms with E-state index in [0.717, 1.165) is 5.56 Å². The van der Waals surface area contributed by atoms with Crippen LogP contribution in [0.25, 0.3) is 0 Å². The number of aryl methyl sites for hydroxylation is 2. The van der Waals surface area contributed by atoms with Gasteiger partial charge in [-0.25, -0.2) is 4.39 Å². The Morgan fingerprint density at radius 3 is 2.57 bits per heavy atom. The molecule has 2 aromatic rings. The van der Waals surface area contributed by atoms with Crippen LogP contribution in [0.15, 0.2) is 36.7 Å². The van der Waals surface area contributed by atoms with Gasteiger partial charge in [0.15, 0.2) is 0 Å². The fraction of sp³-hybridized carbons (Fsp3) is 0.333. The Labute approximate surface area is 122 Å². The molecular formula is C15H18FN3O2. The van der Waals surface area contributed by atoms with Crippen LogP contribution in [-0.4, -0.2) is 27.4 Å². The Hall–Kier alpha value is -2.21. The Kier molecular flexibility index (Phi) is 4.37. The van der Waals surface area contributed by atoms with Crippen LogP contribution in [0.5, 0.6) is 0 Å². The molecule has 1 unspecified atom stereocenters. The van der Waals surface area contributed by atoms with Crippen molar-refractivity contribution >= 4 is 5.97 Å². The summed E-state index contributed by atoms with van der Waals surface area (Å²) in [6.45, 7) is -0.0474. The average molecular weight is 291 g/mol. The van der Waals surface area contributed by atoms with Crippen molar-refractivity contribution in [3.8, 4) is 0 Å². The summed E-state index contributed by atoms with van der Waals surface area (Å²) >= 11 is 0. The molecule has 1 aromatic carbocycles. The molecule has 2 rings (SSSR count). The smallest absolute Gasteiger partial charge is 0.315 e. The third-order valence-electron chi connectivity index (χ3n) is 3.75. The molecule has 0 aliphatic rings. The summed E-state index contributed by atoms with van der Waals surface area (Å²) in [5, 5.41) is 13.7. The number of benzene rings is 1. The molecule has 1 aromatic heterocycles. The molecule has 112 valence electrons. The lowest BCUT2D eigenvalue weighted by atomic mass is 9.76. The van der Waals surface area contributed by atoms with E-state index in [0.29, 0.717) is 18.4 Å². The van der Waals surface area contributed by atoms with E-state index in [-0.39, 0.29) is 6.54 Å². The zero-order valence-corrected chi connectivity index (χ0v) is 11.8. The van der Waals surface area contributed by atoms with Crippen molar-refractivity contribution in [1.82, 2.24) is 9.78 Å². The second kappa shape index (κ2) is 6.05. The van der Waals surface area contributed by atoms with E-state index in [9.17, 15) is 14.3 Å². The highest BCUT2D eigenvalue weighted by molar-refractivity contribution is 5.81. The van der Waals surface area contributed by atoms with E-state index in [1.54, 1.807) is 17.9 Å². The van der Waals surface area contributed by atoms with Gasteiger partial charge >= 0.3 is 5.97 Å². The standard InChI is InChI=1S/C15H18FN3O2/c1-19-9-11(8-18-19)6-7-15(10-17,14(20)21)12-2-4-13(16)5-3-12/h2-5,8-9H,6-7,10,17H2,1H3,(H,20,21). The van der Waals surface area contributed by atoms with Crippen LogP contribution in [0.2, 0.25) is 0 Å². The number of hydrogen-bond acceptors (Lipinski definition) is 3. The van der Waals surface area contributed by atoms with E-state index < -0.39 is 17.2 Å². The molecule has 0 aliphatic heterocycles. The SMILES string of the molecule is Cn1cc(CCC(CN)(C(=O)O)c2ccc(F)cc2)cn1. The second-order valence-electron chi connectivity index (χ2n) is 5.12. The van der Waals surface area contributed by atoms with E-state index in [1.807, 2.05) is 6.20 Å². The lowest BCUT2D eigenvalue weighted by Crippen LogP contribution is -2.43. The highest BCUT2D eigenvalue weighted by Gasteiger charge is 2.38. The summed E-state index contributed by atoms with van der Waals surface area (Å²) in [6.07, 6.45) is 4.41. The van der Waals surface area contributed by atoms with Gasteiger partial charge < -0.3 is 10.8 Å². The molecule has 0 spiro atoms. The normalized spacial score (nSPS) is 13.9. The molecule has 0 saturated carbocycles. The van der Waals surface area contributed by atoms with Gasteiger partial charge in [0.2, 0.25) is 0 Å². The summed E-state index contributed by atoms with van der Waals surface area (Å²) in [6, 6.07) is 5.48. The van der Waals surface area contributed by atoms with Crippen molar-refractivity contribution in [1.29, 1.82) is 0 Å². The fourth-order valence-electron chi connectivity index (χ4n) is 2.41. The predicted molar refractivity (Wildman–Crippen MR) is 76.3 cm³/mol. The van der Waals surface area contributed by atoms with E-state index in [4.69, 9.17) is 5.73 Å². The molecule has 0 aliphatic carbocycles. The molecule has 6 heteroatoms. The van der Waals surface area contributed by atoms with Crippen molar-refractivity contribution in [2.45, 2.75) is 18.3 Å². The third kappa shape index (κ3) is 3.11. The summed E-state index contributed by atoms with van der Waals surface area (Å²) < 4.78 is 14.7. The maximum atomic E-state index is 13.0. The number of carbonyl (C=O) groups is 1. The van der Waals surface area contributed by atoms with E-state index >= 15 is 0 Å². The summed E-state index contributed by atoms with van der Waals surface area (Å²) in [5.74, 6) is -1.40. The molecule has 0 amide bonds. The zero-order chi connectivity index (χ0) is 15.5. The minimum atomic E-state index is -1.22. The molecule has 0 fully saturated rings. The van der Waals surface area contributed by atoms with Gasteiger partial charge in [-0.1, -0.05) is 12.1 Å². The average Bonchev–Trinajstić information content (AvgIpc) is 2.87. The first-order valence-electron chi connectivity index (χ1n) is 6.65. The molecule has 21 heavy (non-hydrogen) atoms. The third-order valence-corrected chi connectivity index (χ3v) is 3.75. The van der Waals surface area contributed by atoms with Crippen molar-refractivity contribution in [2.24, 2.45) is 12.8 Å². The minimum Gasteiger partial charge on any atom is -0.481 e. The van der Waals surface area contributed by atoms with Crippen LogP contribution in [0, 0.1) is 5.82 Å². The Morgan fingerprint density at radius 1 is 1.43 bits per heavy atom. The monoisotopic (exact) mass is 291 g/mol. The van der Waals surface area contributed by atoms with Gasteiger partial charge in [-0.2, -0.15) is 5.10 Å². The maximum absolute atomic E-state index is 13.0. The number of aliphatic carboxylic acids is 1. The quantitative estimate of drug-likeness (QED) is 0.844. The van der Waals surface area contributed by atoms with Crippen molar-refractivity contribution in [3.05, 3.63) is 53.6 Å². The number of nitrogens with two attached hydrogens (primary N) is 1. The number of halogens is 1. The largest absolute Gasteiger partial charge is 0.481 e. The molecular weight excluding hydrogens is 273 g/mol. The minimum absolute atomic E-state index is 0.0474. The zero-order valence-electron chi connectivity index (χ0n) is 11.8. The number of nitrogens with zero attached hydrogens (tertiary/aromatic N) is 2. The number of hydrogen-bond donors (Lipinski definition) is 2. The molecule has 0 bridgehead atoms. The van der Waals surface area contributed by atoms with Gasteiger partial charge in [-0.15, -0.1) is 0 Å². The van der Waals surface area contributed by atoms with Crippen LogP contribution < -0.4 is 5.73 Å². The Bertz CT molecular complexity index is 624. The Balaban J connectivity index is 2.28. The fourth-order valence-corrected chi connectivity index (χ4v) is 2.41. The molecule has 5 nitrogen and oxygen atoms in total. The second-order valence-corrected chi connectivity index (χ2v) is 5.12. The topological polar surface area (TPSA) is 81.1 Å². The van der Waals surface area contributed by atoms with E-state index in [2.05, 4.69) is 5.10 Å². The Morgan fingerprint density at radius 2 is 2.10 bits per heavy atom. The van der Waals surface area contributed by atoms with Crippen molar-refractivity contribution in [3.63, 3.8) is 0 Å². The summed E-state index contributed by atoms with van der Waals surface area (Å²) in [5.41, 5.74) is 5.99. The van der Waals surface area contributed by atoms with Crippen LogP contribution in [-0.2, 0) is 23.7 Å². The molecule has 1 atom stereocenters. The lowest BCUT2D eigenvalue weighted by Gasteiger charge is -2.28. The number of carboxylic acid groups (broad SMARTS) is 1. The molecule has 0 radical (unpaired) electrons. The first-order chi connectivity index (χ1) is 9.98. The van der Waals surface area contributed by atoms with Gasteiger partial charge in [0.25, 0.3) is 0 Å². The van der Waals surface area contributed by atoms with Gasteiger partial charge in [0.1, 0.15) is 11.2 Å². The highest BCUT2D eigenvalue weighted by atomic mass is 19.1. The van der Waals surface area contributed by atoms with E-state index in [1.165, 1.54) is 24.3 Å². The molecule has 1 heterocycles. The maximum Gasteiger partial charge on any atom is 0.315 e. The van der Waals surface area contributed by atoms with Gasteiger partial charge in [0, 0.05) is 19.8 Å². The predicted octanol–water partition coefficient (Wildman–Crippen LogP) is 1.47. The molecule has 0 saturated heterocycles. The van der Waals surface area contributed by atoms with Crippen LogP contribution in [0.4, 0.5) is 4.39 Å². The number of carboxylic acids is 1. The van der Waals surface area contributed by atoms with Crippen LogP contribution in [0.1, 0.15) is 17.5 Å². The first-order valence-corrected chi connectivity index (χ1v) is 6.65. The number of aromatic nitrogens is 2. The van der Waals surface area contributed by atoms with Gasteiger partial charge in [0.05, 0.1) is 6.20 Å². The van der Waals surface area contributed by atoms with Crippen LogP contribution >= 0.6 is 0 Å². The summed E-state index contributed by atoms with van der Waals surface area (Å²) in [4.78, 5) is 11.8. The highest BCUT2D eigenvalue weighted by Crippen LogP contribution is 2.29. The van der Waals surface area contributed by atoms with Crippen LogP contribution in [0.3, 0.4) is 0 Å². The van der Waals surface area contributed by atoms with Gasteiger partial charge in [-0.3, -0.25) is 9.48 Å². The molecule has 3 N–H and O–H groups in total. The summed E-state index contributed by atoms with van der Waals surface area (Å²) in [7, 11) is 1.80. The number of rotatable bonds is 6. The van der Waals surface area contributed by atoms with Crippen molar-refractivity contribution in [2.75, 3.05) is 6.54 Å². The first kappa shape index (κ1) is 15.2.